The third kappa shape index (κ3) is 5.22. The van der Waals surface area contributed by atoms with Crippen molar-refractivity contribution in [1.29, 1.82) is 0 Å². The fourth-order valence-electron chi connectivity index (χ4n) is 7.94. The number of aromatic nitrogens is 4. The third-order valence-corrected chi connectivity index (χ3v) is 10.9. The van der Waals surface area contributed by atoms with Crippen LogP contribution in [0.15, 0.2) is 106 Å². The van der Waals surface area contributed by atoms with E-state index >= 15 is 4.79 Å². The molecule has 4 atom stereocenters. The van der Waals surface area contributed by atoms with E-state index in [0.29, 0.717) is 39.1 Å². The lowest BCUT2D eigenvalue weighted by atomic mass is 9.53. The Morgan fingerprint density at radius 2 is 1.58 bits per heavy atom. The maximum absolute atomic E-state index is 15.2. The van der Waals surface area contributed by atoms with Crippen LogP contribution >= 0.6 is 34.8 Å². The van der Waals surface area contributed by atoms with Gasteiger partial charge in [-0.15, -0.1) is 0 Å². The zero-order valence-electron chi connectivity index (χ0n) is 26.9. The summed E-state index contributed by atoms with van der Waals surface area (Å²) >= 11 is 19.0. The number of fused-ring (bicyclic) bond motifs is 4. The fourth-order valence-corrected chi connectivity index (χ4v) is 8.46. The Kier molecular flexibility index (Phi) is 8.13. The Hall–Kier alpha value is -5.31. The highest BCUT2D eigenvalue weighted by Crippen LogP contribution is 2.63. The number of hydrogen-bond donors (Lipinski definition) is 2. The second-order valence-electron chi connectivity index (χ2n) is 12.8. The number of aromatic hydroxyl groups is 1. The molecule has 1 saturated heterocycles. The quantitative estimate of drug-likeness (QED) is 0.154. The number of carbonyl (C=O) groups is 2. The summed E-state index contributed by atoms with van der Waals surface area (Å²) in [6.45, 7) is -0.103. The molecule has 1 saturated carbocycles. The number of carbonyl (C=O) groups excluding carboxylic acids is 2. The van der Waals surface area contributed by atoms with Crippen LogP contribution in [-0.2, 0) is 27.7 Å². The van der Waals surface area contributed by atoms with E-state index < -0.39 is 69.1 Å². The lowest BCUT2D eigenvalue weighted by Crippen LogP contribution is -2.53. The van der Waals surface area contributed by atoms with Gasteiger partial charge in [0, 0.05) is 27.7 Å². The van der Waals surface area contributed by atoms with Crippen molar-refractivity contribution >= 4 is 52.4 Å². The van der Waals surface area contributed by atoms with Gasteiger partial charge in [-0.3, -0.25) is 15.0 Å². The number of benzene rings is 3. The number of nitrogens with one attached hydrogen (secondary N) is 1. The van der Waals surface area contributed by atoms with Crippen molar-refractivity contribution in [3.63, 3.8) is 0 Å². The topological polar surface area (TPSA) is 131 Å². The van der Waals surface area contributed by atoms with E-state index in [1.807, 2.05) is 0 Å². The second-order valence-corrected chi connectivity index (χ2v) is 14.1. The van der Waals surface area contributed by atoms with Crippen molar-refractivity contribution in [3.8, 4) is 11.4 Å². The van der Waals surface area contributed by atoms with Crippen molar-refractivity contribution in [2.45, 2.75) is 36.5 Å². The molecule has 2 amide bonds. The predicted molar refractivity (Wildman–Crippen MR) is 188 cm³/mol. The Morgan fingerprint density at radius 3 is 2.26 bits per heavy atom. The first-order chi connectivity index (χ1) is 25.2. The summed E-state index contributed by atoms with van der Waals surface area (Å²) in [6, 6.07) is 18.3. The van der Waals surface area contributed by atoms with Crippen LogP contribution in [0.25, 0.3) is 5.69 Å². The predicted octanol–water partition coefficient (Wildman–Crippen LogP) is 6.50. The number of rotatable bonds is 5. The summed E-state index contributed by atoms with van der Waals surface area (Å²) in [5.74, 6) is -4.87. The molecule has 2 aromatic heterocycles. The molecule has 0 spiro atoms. The number of halogens is 6. The van der Waals surface area contributed by atoms with Gasteiger partial charge in [0.25, 0.3) is 11.8 Å². The van der Waals surface area contributed by atoms with Gasteiger partial charge < -0.3 is 5.11 Å². The normalized spacial score (nSPS) is 22.3. The molecule has 0 bridgehead atoms. The maximum atomic E-state index is 15.2. The van der Waals surface area contributed by atoms with Crippen molar-refractivity contribution in [2.75, 3.05) is 5.43 Å². The van der Waals surface area contributed by atoms with E-state index in [1.165, 1.54) is 39.7 Å². The van der Waals surface area contributed by atoms with Gasteiger partial charge in [0.2, 0.25) is 0 Å². The smallest absolute Gasteiger partial charge is 0.417 e. The van der Waals surface area contributed by atoms with Gasteiger partial charge in [0.1, 0.15) is 5.75 Å². The summed E-state index contributed by atoms with van der Waals surface area (Å²) in [7, 11) is 0. The number of phenolic OH excluding ortho intramolecular Hbond substituents is 1. The number of hydrazine groups is 1. The van der Waals surface area contributed by atoms with Crippen molar-refractivity contribution in [3.05, 3.63) is 149 Å². The Morgan fingerprint density at radius 1 is 0.887 bits per heavy atom. The molecule has 2 aliphatic heterocycles. The minimum atomic E-state index is -4.77. The van der Waals surface area contributed by atoms with Gasteiger partial charge in [-0.1, -0.05) is 71.2 Å². The monoisotopic (exact) mass is 782 g/mol. The van der Waals surface area contributed by atoms with Crippen LogP contribution in [0.4, 0.5) is 19.0 Å². The molecule has 4 heterocycles. The molecular weight excluding hydrogens is 760 g/mol. The number of hydrogen-bond acceptors (Lipinski definition) is 7. The minimum Gasteiger partial charge on any atom is -0.508 e. The summed E-state index contributed by atoms with van der Waals surface area (Å²) in [5.41, 5.74) is -0.579. The van der Waals surface area contributed by atoms with E-state index in [1.54, 1.807) is 48.5 Å². The SMILES string of the molecule is O=C1[C@@H]2C[C@@H]3C(=CCn4c(=O)n(-c5ccccc5)c(=O)n43)[C@H](c3cc(Cl)ccc3O)[C@]2(c2ccc(Cl)cc2)C(=O)N1Nc1ncc(C(F)(F)F)cc1Cl. The summed E-state index contributed by atoms with van der Waals surface area (Å²) in [6.07, 6.45) is -2.75. The van der Waals surface area contributed by atoms with Crippen LogP contribution in [0.3, 0.4) is 0 Å². The number of pyridine rings is 1. The minimum absolute atomic E-state index is 0.103. The lowest BCUT2D eigenvalue weighted by molar-refractivity contribution is -0.139. The number of phenols is 1. The van der Waals surface area contributed by atoms with Crippen LogP contribution in [0.5, 0.6) is 5.75 Å². The van der Waals surface area contributed by atoms with E-state index in [-0.39, 0.29) is 29.3 Å². The maximum Gasteiger partial charge on any atom is 0.417 e. The molecule has 1 aliphatic carbocycles. The largest absolute Gasteiger partial charge is 0.508 e. The molecule has 270 valence electrons. The Balaban J connectivity index is 1.37. The van der Waals surface area contributed by atoms with Crippen LogP contribution in [-0.4, -0.2) is 40.8 Å². The van der Waals surface area contributed by atoms with Crippen LogP contribution in [0.1, 0.15) is 35.1 Å². The first-order valence-corrected chi connectivity index (χ1v) is 17.2. The molecule has 11 nitrogen and oxygen atoms in total. The van der Waals surface area contributed by atoms with Gasteiger partial charge in [-0.25, -0.2) is 28.5 Å². The summed E-state index contributed by atoms with van der Waals surface area (Å²) in [5, 5.41) is 12.1. The van der Waals surface area contributed by atoms with Gasteiger partial charge in [-0.2, -0.15) is 18.2 Å². The number of amides is 2. The molecule has 53 heavy (non-hydrogen) atoms. The molecule has 17 heteroatoms. The van der Waals surface area contributed by atoms with Crippen molar-refractivity contribution in [1.82, 2.24) is 23.9 Å². The highest BCUT2D eigenvalue weighted by atomic mass is 35.5. The van der Waals surface area contributed by atoms with Gasteiger partial charge in [-0.05, 0) is 66.1 Å². The number of para-hydroxylation sites is 1. The number of nitrogens with zero attached hydrogens (tertiary/aromatic N) is 5. The number of allylic oxidation sites excluding steroid dienone is 2. The standard InChI is InChI=1S/C36H24Cl3F3N6O5/c37-20-8-6-18(7-9-20)35-25(31(50)47(32(35)51)44-30-26(39)14-19(17-43-30)36(40,41)42)16-27-23(29(35)24-15-21(38)10-11-28(24)49)12-13-45-33(52)46(34(53)48(27)45)22-4-2-1-3-5-22/h1-12,14-15,17,25,27,29,49H,13,16H2,(H,43,44)/t25-,27+,29+,35+/m0/s1. The number of alkyl halides is 3. The number of imide groups is 1. The molecule has 8 rings (SSSR count). The molecule has 0 radical (unpaired) electrons. The van der Waals surface area contributed by atoms with Gasteiger partial charge in [0.15, 0.2) is 5.82 Å². The van der Waals surface area contributed by atoms with E-state index in [0.717, 1.165) is 4.57 Å². The van der Waals surface area contributed by atoms with E-state index in [2.05, 4.69) is 10.4 Å². The second kappa shape index (κ2) is 12.4. The average molecular weight is 784 g/mol. The Bertz CT molecular complexity index is 2500. The lowest BCUT2D eigenvalue weighted by Gasteiger charge is -2.49. The molecule has 0 unspecified atom stereocenters. The number of anilines is 1. The van der Waals surface area contributed by atoms with Crippen LogP contribution < -0.4 is 16.8 Å². The molecule has 3 aromatic carbocycles. The Labute approximate surface area is 312 Å². The van der Waals surface area contributed by atoms with Gasteiger partial charge >= 0.3 is 17.6 Å². The summed E-state index contributed by atoms with van der Waals surface area (Å²) < 4.78 is 43.8. The highest BCUT2D eigenvalue weighted by Gasteiger charge is 2.69. The van der Waals surface area contributed by atoms with Gasteiger partial charge in [0.05, 0.1) is 40.2 Å². The molecule has 2 fully saturated rings. The first kappa shape index (κ1) is 34.8. The van der Waals surface area contributed by atoms with E-state index in [9.17, 15) is 32.7 Å². The molecular formula is C36H24Cl3F3N6O5. The molecule has 2 N–H and O–H groups in total. The van der Waals surface area contributed by atoms with E-state index in [4.69, 9.17) is 34.8 Å². The van der Waals surface area contributed by atoms with Crippen molar-refractivity contribution < 1.29 is 27.9 Å². The fraction of sp³-hybridized carbons (Fsp3) is 0.194. The van der Waals surface area contributed by atoms with Crippen molar-refractivity contribution in [2.24, 2.45) is 5.92 Å². The first-order valence-electron chi connectivity index (χ1n) is 16.1. The zero-order chi connectivity index (χ0) is 37.6. The molecule has 5 aromatic rings. The molecule has 3 aliphatic rings. The zero-order valence-corrected chi connectivity index (χ0v) is 29.2. The summed E-state index contributed by atoms with van der Waals surface area (Å²) in [4.78, 5) is 61.7. The van der Waals surface area contributed by atoms with Crippen LogP contribution in [0, 0.1) is 5.92 Å². The third-order valence-electron chi connectivity index (χ3n) is 10.1. The highest BCUT2D eigenvalue weighted by molar-refractivity contribution is 6.33. The average Bonchev–Trinajstić information content (AvgIpc) is 3.51. The van der Waals surface area contributed by atoms with Crippen LogP contribution in [0.2, 0.25) is 15.1 Å².